The molecule has 0 aliphatic carbocycles. The molecule has 0 unspecified atom stereocenters. The van der Waals surface area contributed by atoms with Crippen LogP contribution in [0.3, 0.4) is 0 Å². The molecule has 2 heterocycles. The zero-order valence-corrected chi connectivity index (χ0v) is 16.8. The van der Waals surface area contributed by atoms with E-state index in [1.54, 1.807) is 12.3 Å². The Balaban J connectivity index is 1.39. The Morgan fingerprint density at radius 2 is 1.84 bits per heavy atom. The van der Waals surface area contributed by atoms with Gasteiger partial charge in [0, 0.05) is 41.3 Å². The van der Waals surface area contributed by atoms with Gasteiger partial charge in [-0.05, 0) is 65.2 Å². The van der Waals surface area contributed by atoms with Crippen LogP contribution < -0.4 is 10.6 Å². The Labute approximate surface area is 178 Å². The summed E-state index contributed by atoms with van der Waals surface area (Å²) in [5, 5.41) is 18.2. The molecule has 31 heavy (non-hydrogen) atoms. The SMILES string of the molecule is O=C(N[C@@H]1CN[C@@H](CO)C1)c1ccc2cc(-c3cnc4ccc(F)cc4c3)ccc2c1. The number of carbonyl (C=O) groups excluding carboxylic acids is 1. The van der Waals surface area contributed by atoms with Crippen molar-refractivity contribution in [1.29, 1.82) is 0 Å². The van der Waals surface area contributed by atoms with Crippen LogP contribution in [0.1, 0.15) is 16.8 Å². The third-order valence-corrected chi connectivity index (χ3v) is 5.86. The fraction of sp³-hybridized carbons (Fsp3) is 0.200. The van der Waals surface area contributed by atoms with E-state index in [1.165, 1.54) is 12.1 Å². The number of aliphatic hydroxyl groups is 1. The minimum atomic E-state index is -0.281. The molecule has 3 aromatic carbocycles. The van der Waals surface area contributed by atoms with Gasteiger partial charge in [0.05, 0.1) is 12.1 Å². The Hall–Kier alpha value is -3.35. The summed E-state index contributed by atoms with van der Waals surface area (Å²) in [6, 6.07) is 18.2. The number of hydrogen-bond acceptors (Lipinski definition) is 4. The summed E-state index contributed by atoms with van der Waals surface area (Å²) in [4.78, 5) is 17.1. The standard InChI is InChI=1S/C25H22FN3O2/c26-21-5-6-24-19(10-21)9-20(12-28-24)17-2-1-16-8-18(4-3-15(16)7-17)25(31)29-22-11-23(14-30)27-13-22/h1-10,12,22-23,27,30H,11,13-14H2,(H,29,31)/t22-,23+/m0/s1. The largest absolute Gasteiger partial charge is 0.395 e. The summed E-state index contributed by atoms with van der Waals surface area (Å²) >= 11 is 0. The molecule has 1 aliphatic heterocycles. The predicted octanol–water partition coefficient (Wildman–Crippen LogP) is 3.65. The van der Waals surface area contributed by atoms with Gasteiger partial charge in [-0.15, -0.1) is 0 Å². The molecule has 0 spiro atoms. The number of halogens is 1. The maximum Gasteiger partial charge on any atom is 0.251 e. The van der Waals surface area contributed by atoms with Crippen molar-refractivity contribution in [3.05, 3.63) is 78.2 Å². The second-order valence-electron chi connectivity index (χ2n) is 8.03. The fourth-order valence-corrected chi connectivity index (χ4v) is 4.16. The van der Waals surface area contributed by atoms with Crippen LogP contribution in [0, 0.1) is 5.82 Å². The molecule has 0 bridgehead atoms. The lowest BCUT2D eigenvalue weighted by atomic mass is 9.99. The number of aliphatic hydroxyl groups excluding tert-OH is 1. The van der Waals surface area contributed by atoms with Gasteiger partial charge in [-0.3, -0.25) is 9.78 Å². The fourth-order valence-electron chi connectivity index (χ4n) is 4.16. The summed E-state index contributed by atoms with van der Waals surface area (Å²) in [5.41, 5.74) is 3.25. The Bertz CT molecular complexity index is 1290. The van der Waals surface area contributed by atoms with Gasteiger partial charge in [0.15, 0.2) is 0 Å². The highest BCUT2D eigenvalue weighted by Crippen LogP contribution is 2.27. The van der Waals surface area contributed by atoms with E-state index in [1.807, 2.05) is 42.5 Å². The highest BCUT2D eigenvalue weighted by Gasteiger charge is 2.24. The van der Waals surface area contributed by atoms with Gasteiger partial charge in [0.25, 0.3) is 5.91 Å². The second-order valence-corrected chi connectivity index (χ2v) is 8.03. The molecular formula is C25H22FN3O2. The van der Waals surface area contributed by atoms with Crippen LogP contribution in [0.15, 0.2) is 66.9 Å². The van der Waals surface area contributed by atoms with Crippen LogP contribution in [0.5, 0.6) is 0 Å². The lowest BCUT2D eigenvalue weighted by molar-refractivity contribution is 0.0939. The highest BCUT2D eigenvalue weighted by molar-refractivity contribution is 5.99. The average Bonchev–Trinajstić information content (AvgIpc) is 3.25. The third kappa shape index (κ3) is 4.00. The number of nitrogens with zero attached hydrogens (tertiary/aromatic N) is 1. The molecule has 1 fully saturated rings. The Morgan fingerprint density at radius 3 is 2.68 bits per heavy atom. The van der Waals surface area contributed by atoms with Crippen molar-refractivity contribution in [3.8, 4) is 11.1 Å². The first-order chi connectivity index (χ1) is 15.1. The number of hydrogen-bond donors (Lipinski definition) is 3. The zero-order valence-electron chi connectivity index (χ0n) is 16.8. The monoisotopic (exact) mass is 415 g/mol. The number of benzene rings is 3. The van der Waals surface area contributed by atoms with Gasteiger partial charge < -0.3 is 15.7 Å². The van der Waals surface area contributed by atoms with E-state index in [4.69, 9.17) is 0 Å². The summed E-state index contributed by atoms with van der Waals surface area (Å²) < 4.78 is 13.6. The number of pyridine rings is 1. The molecule has 5 rings (SSSR count). The van der Waals surface area contributed by atoms with Gasteiger partial charge in [0.1, 0.15) is 5.82 Å². The van der Waals surface area contributed by atoms with Gasteiger partial charge in [-0.25, -0.2) is 4.39 Å². The van der Waals surface area contributed by atoms with Crippen LogP contribution in [0.2, 0.25) is 0 Å². The van der Waals surface area contributed by atoms with E-state index in [0.29, 0.717) is 12.1 Å². The molecule has 1 aliphatic rings. The lowest BCUT2D eigenvalue weighted by Crippen LogP contribution is -2.36. The number of amides is 1. The second kappa shape index (κ2) is 8.06. The molecule has 0 saturated carbocycles. The summed E-state index contributed by atoms with van der Waals surface area (Å²) in [7, 11) is 0. The topological polar surface area (TPSA) is 74.2 Å². The number of nitrogens with one attached hydrogen (secondary N) is 2. The number of carbonyl (C=O) groups is 1. The van der Waals surface area contributed by atoms with Crippen LogP contribution in [-0.4, -0.2) is 41.2 Å². The molecule has 0 radical (unpaired) electrons. The number of rotatable bonds is 4. The number of fused-ring (bicyclic) bond motifs is 2. The average molecular weight is 415 g/mol. The summed E-state index contributed by atoms with van der Waals surface area (Å²) in [6.07, 6.45) is 2.52. The first kappa shape index (κ1) is 19.6. The molecule has 1 saturated heterocycles. The van der Waals surface area contributed by atoms with Gasteiger partial charge in [-0.1, -0.05) is 18.2 Å². The van der Waals surface area contributed by atoms with Crippen LogP contribution in [0.25, 0.3) is 32.8 Å². The molecule has 5 nitrogen and oxygen atoms in total. The van der Waals surface area contributed by atoms with E-state index in [0.717, 1.165) is 39.2 Å². The predicted molar refractivity (Wildman–Crippen MR) is 119 cm³/mol. The Kier molecular flexibility index (Phi) is 5.10. The molecular weight excluding hydrogens is 393 g/mol. The van der Waals surface area contributed by atoms with E-state index < -0.39 is 0 Å². The molecule has 6 heteroatoms. The normalized spacial score (nSPS) is 18.5. The molecule has 1 amide bonds. The smallest absolute Gasteiger partial charge is 0.251 e. The minimum Gasteiger partial charge on any atom is -0.395 e. The van der Waals surface area contributed by atoms with Crippen LogP contribution in [-0.2, 0) is 0 Å². The first-order valence-corrected chi connectivity index (χ1v) is 10.3. The van der Waals surface area contributed by atoms with Crippen LogP contribution in [0.4, 0.5) is 4.39 Å². The summed E-state index contributed by atoms with van der Waals surface area (Å²) in [5.74, 6) is -0.395. The van der Waals surface area contributed by atoms with Gasteiger partial charge >= 0.3 is 0 Å². The van der Waals surface area contributed by atoms with E-state index in [2.05, 4.69) is 15.6 Å². The zero-order chi connectivity index (χ0) is 21.4. The van der Waals surface area contributed by atoms with E-state index >= 15 is 0 Å². The van der Waals surface area contributed by atoms with Crippen molar-refractivity contribution in [3.63, 3.8) is 0 Å². The molecule has 2 atom stereocenters. The molecule has 156 valence electrons. The molecule has 4 aromatic rings. The Morgan fingerprint density at radius 1 is 1.03 bits per heavy atom. The van der Waals surface area contributed by atoms with E-state index in [-0.39, 0.29) is 30.4 Å². The maximum atomic E-state index is 13.6. The van der Waals surface area contributed by atoms with Crippen molar-refractivity contribution >= 4 is 27.6 Å². The van der Waals surface area contributed by atoms with Crippen molar-refractivity contribution in [2.24, 2.45) is 0 Å². The van der Waals surface area contributed by atoms with Crippen molar-refractivity contribution in [1.82, 2.24) is 15.6 Å². The summed E-state index contributed by atoms with van der Waals surface area (Å²) in [6.45, 7) is 0.740. The van der Waals surface area contributed by atoms with Gasteiger partial charge in [0.2, 0.25) is 0 Å². The third-order valence-electron chi connectivity index (χ3n) is 5.86. The minimum absolute atomic E-state index is 0.0213. The van der Waals surface area contributed by atoms with Crippen molar-refractivity contribution in [2.75, 3.05) is 13.2 Å². The van der Waals surface area contributed by atoms with Gasteiger partial charge in [-0.2, -0.15) is 0 Å². The first-order valence-electron chi connectivity index (χ1n) is 10.3. The van der Waals surface area contributed by atoms with E-state index in [9.17, 15) is 14.3 Å². The van der Waals surface area contributed by atoms with Crippen molar-refractivity contribution in [2.45, 2.75) is 18.5 Å². The number of aromatic nitrogens is 1. The lowest BCUT2D eigenvalue weighted by Gasteiger charge is -2.12. The van der Waals surface area contributed by atoms with Crippen LogP contribution >= 0.6 is 0 Å². The van der Waals surface area contributed by atoms with Crippen molar-refractivity contribution < 1.29 is 14.3 Å². The maximum absolute atomic E-state index is 13.6. The molecule has 1 aromatic heterocycles. The highest BCUT2D eigenvalue weighted by atomic mass is 19.1. The molecule has 3 N–H and O–H groups in total. The quantitative estimate of drug-likeness (QED) is 0.476.